The van der Waals surface area contributed by atoms with E-state index in [4.69, 9.17) is 10.2 Å². The van der Waals surface area contributed by atoms with Crippen molar-refractivity contribution in [2.75, 3.05) is 0 Å². The minimum atomic E-state index is -0.227. The van der Waals surface area contributed by atoms with Crippen molar-refractivity contribution in [3.63, 3.8) is 0 Å². The molecule has 0 amide bonds. The van der Waals surface area contributed by atoms with Crippen LogP contribution in [-0.2, 0) is 5.54 Å². The Morgan fingerprint density at radius 3 is 2.67 bits per heavy atom. The summed E-state index contributed by atoms with van der Waals surface area (Å²) >= 11 is 0. The molecule has 2 rings (SSSR count). The first-order valence-corrected chi connectivity index (χ1v) is 4.49. The van der Waals surface area contributed by atoms with Gasteiger partial charge in [0.2, 0.25) is 0 Å². The van der Waals surface area contributed by atoms with Gasteiger partial charge in [0.25, 0.3) is 0 Å². The molecule has 0 aliphatic heterocycles. The van der Waals surface area contributed by atoms with E-state index in [0.717, 1.165) is 18.6 Å². The molecule has 0 unspecified atom stereocenters. The van der Waals surface area contributed by atoms with Crippen molar-refractivity contribution >= 4 is 0 Å². The number of hydrogen-bond donors (Lipinski definition) is 1. The lowest BCUT2D eigenvalue weighted by atomic mass is 9.81. The van der Waals surface area contributed by atoms with Crippen LogP contribution in [-0.4, -0.2) is 4.98 Å². The lowest BCUT2D eigenvalue weighted by Gasteiger charge is -2.30. The maximum Gasteiger partial charge on any atom is 0.180 e. The summed E-state index contributed by atoms with van der Waals surface area (Å²) in [5, 5.41) is 0. The molecule has 0 saturated heterocycles. The fourth-order valence-electron chi connectivity index (χ4n) is 1.89. The average molecular weight is 166 g/mol. The second-order valence-corrected chi connectivity index (χ2v) is 3.58. The molecule has 0 atom stereocenters. The molecule has 1 aliphatic rings. The fraction of sp³-hybridized carbons (Fsp3) is 0.667. The van der Waals surface area contributed by atoms with Crippen LogP contribution in [0.3, 0.4) is 0 Å². The van der Waals surface area contributed by atoms with Gasteiger partial charge in [-0.2, -0.15) is 0 Å². The van der Waals surface area contributed by atoms with Gasteiger partial charge >= 0.3 is 0 Å². The Balaban J connectivity index is 2.19. The largest absolute Gasteiger partial charge is 0.447 e. The van der Waals surface area contributed by atoms with E-state index >= 15 is 0 Å². The van der Waals surface area contributed by atoms with Gasteiger partial charge in [0.15, 0.2) is 6.39 Å². The van der Waals surface area contributed by atoms with Gasteiger partial charge in [-0.3, -0.25) is 0 Å². The van der Waals surface area contributed by atoms with Crippen LogP contribution in [0.4, 0.5) is 0 Å². The third kappa shape index (κ3) is 1.25. The van der Waals surface area contributed by atoms with E-state index in [-0.39, 0.29) is 5.54 Å². The van der Waals surface area contributed by atoms with Gasteiger partial charge in [0.1, 0.15) is 5.76 Å². The molecular formula is C9H14N2O. The van der Waals surface area contributed by atoms with E-state index < -0.39 is 0 Å². The van der Waals surface area contributed by atoms with Crippen LogP contribution < -0.4 is 5.73 Å². The highest BCUT2D eigenvalue weighted by atomic mass is 16.3. The summed E-state index contributed by atoms with van der Waals surface area (Å²) in [6.07, 6.45) is 8.97. The van der Waals surface area contributed by atoms with Gasteiger partial charge in [-0.05, 0) is 12.8 Å². The average Bonchev–Trinajstić information content (AvgIpc) is 2.58. The summed E-state index contributed by atoms with van der Waals surface area (Å²) in [5.74, 6) is 0.849. The normalized spacial score (nSPS) is 22.4. The van der Waals surface area contributed by atoms with Gasteiger partial charge in [-0.25, -0.2) is 4.98 Å². The smallest absolute Gasteiger partial charge is 0.180 e. The van der Waals surface area contributed by atoms with E-state index in [1.54, 1.807) is 6.20 Å². The van der Waals surface area contributed by atoms with Crippen molar-refractivity contribution in [1.82, 2.24) is 4.98 Å². The van der Waals surface area contributed by atoms with Crippen molar-refractivity contribution in [2.24, 2.45) is 5.73 Å². The predicted molar refractivity (Wildman–Crippen MR) is 45.5 cm³/mol. The van der Waals surface area contributed by atoms with Gasteiger partial charge < -0.3 is 10.2 Å². The zero-order valence-corrected chi connectivity index (χ0v) is 7.12. The van der Waals surface area contributed by atoms with Gasteiger partial charge in [-0.15, -0.1) is 0 Å². The van der Waals surface area contributed by atoms with E-state index in [0.29, 0.717) is 0 Å². The molecule has 1 saturated carbocycles. The van der Waals surface area contributed by atoms with Crippen molar-refractivity contribution in [3.05, 3.63) is 18.4 Å². The van der Waals surface area contributed by atoms with Crippen molar-refractivity contribution < 1.29 is 4.42 Å². The first-order valence-electron chi connectivity index (χ1n) is 4.49. The molecule has 12 heavy (non-hydrogen) atoms. The first kappa shape index (κ1) is 7.80. The highest BCUT2D eigenvalue weighted by Crippen LogP contribution is 2.34. The Bertz CT molecular complexity index is 237. The zero-order valence-electron chi connectivity index (χ0n) is 7.12. The van der Waals surface area contributed by atoms with Crippen LogP contribution in [0.5, 0.6) is 0 Å². The minimum Gasteiger partial charge on any atom is -0.447 e. The van der Waals surface area contributed by atoms with Crippen LogP contribution in [0.25, 0.3) is 0 Å². The van der Waals surface area contributed by atoms with Crippen LogP contribution in [0, 0.1) is 0 Å². The molecule has 1 heterocycles. The summed E-state index contributed by atoms with van der Waals surface area (Å²) < 4.78 is 5.24. The molecular weight excluding hydrogens is 152 g/mol. The lowest BCUT2D eigenvalue weighted by molar-refractivity contribution is 0.252. The third-order valence-corrected chi connectivity index (χ3v) is 2.67. The van der Waals surface area contributed by atoms with Crippen LogP contribution in [0.2, 0.25) is 0 Å². The monoisotopic (exact) mass is 166 g/mol. The molecule has 0 spiro atoms. The van der Waals surface area contributed by atoms with Gasteiger partial charge in [0, 0.05) is 0 Å². The summed E-state index contributed by atoms with van der Waals surface area (Å²) in [5.41, 5.74) is 5.96. The standard InChI is InChI=1S/C9H14N2O/c10-9(4-2-1-3-5-9)8-6-11-7-12-8/h6-7H,1-5,10H2. The minimum absolute atomic E-state index is 0.227. The molecule has 1 aromatic rings. The van der Waals surface area contributed by atoms with Gasteiger partial charge in [-0.1, -0.05) is 19.3 Å². The molecule has 1 aromatic heterocycles. The second-order valence-electron chi connectivity index (χ2n) is 3.58. The Hall–Kier alpha value is -0.830. The number of nitrogens with zero attached hydrogens (tertiary/aromatic N) is 1. The van der Waals surface area contributed by atoms with E-state index in [1.165, 1.54) is 25.7 Å². The third-order valence-electron chi connectivity index (χ3n) is 2.67. The SMILES string of the molecule is NC1(c2cnco2)CCCCC1. The topological polar surface area (TPSA) is 52.0 Å². The maximum absolute atomic E-state index is 6.19. The first-order chi connectivity index (χ1) is 5.81. The molecule has 66 valence electrons. The maximum atomic E-state index is 6.19. The Morgan fingerprint density at radius 2 is 2.08 bits per heavy atom. The number of oxazole rings is 1. The molecule has 0 aromatic carbocycles. The summed E-state index contributed by atoms with van der Waals surface area (Å²) in [6.45, 7) is 0. The Labute approximate surface area is 72.0 Å². The van der Waals surface area contributed by atoms with E-state index in [9.17, 15) is 0 Å². The summed E-state index contributed by atoms with van der Waals surface area (Å²) in [6, 6.07) is 0. The zero-order chi connectivity index (χ0) is 8.44. The Kier molecular flexibility index (Phi) is 1.89. The molecule has 1 aliphatic carbocycles. The van der Waals surface area contributed by atoms with Crippen molar-refractivity contribution in [1.29, 1.82) is 0 Å². The van der Waals surface area contributed by atoms with Crippen LogP contribution in [0.15, 0.2) is 17.0 Å². The van der Waals surface area contributed by atoms with Crippen molar-refractivity contribution in [2.45, 2.75) is 37.6 Å². The molecule has 3 heteroatoms. The molecule has 1 fully saturated rings. The number of hydrogen-bond acceptors (Lipinski definition) is 3. The number of rotatable bonds is 1. The summed E-state index contributed by atoms with van der Waals surface area (Å²) in [4.78, 5) is 3.90. The van der Waals surface area contributed by atoms with Crippen LogP contribution in [0.1, 0.15) is 37.9 Å². The Morgan fingerprint density at radius 1 is 1.33 bits per heavy atom. The van der Waals surface area contributed by atoms with Gasteiger partial charge in [0.05, 0.1) is 11.7 Å². The fourth-order valence-corrected chi connectivity index (χ4v) is 1.89. The van der Waals surface area contributed by atoms with E-state index in [1.807, 2.05) is 0 Å². The lowest BCUT2D eigenvalue weighted by Crippen LogP contribution is -2.38. The number of aromatic nitrogens is 1. The molecule has 0 bridgehead atoms. The molecule has 0 radical (unpaired) electrons. The second kappa shape index (κ2) is 2.90. The quantitative estimate of drug-likeness (QED) is 0.692. The summed E-state index contributed by atoms with van der Waals surface area (Å²) in [7, 11) is 0. The highest BCUT2D eigenvalue weighted by molar-refractivity contribution is 5.07. The van der Waals surface area contributed by atoms with Crippen LogP contribution >= 0.6 is 0 Å². The predicted octanol–water partition coefficient (Wildman–Crippen LogP) is 1.79. The molecule has 3 nitrogen and oxygen atoms in total. The number of nitrogens with two attached hydrogens (primary N) is 1. The van der Waals surface area contributed by atoms with Crippen molar-refractivity contribution in [3.8, 4) is 0 Å². The highest BCUT2D eigenvalue weighted by Gasteiger charge is 2.32. The molecule has 2 N–H and O–H groups in total. The van der Waals surface area contributed by atoms with E-state index in [2.05, 4.69) is 4.98 Å².